The first-order valence-electron chi connectivity index (χ1n) is 9.94. The molecular formula is C23H27N5O2. The first-order chi connectivity index (χ1) is 14.6. The molecular weight excluding hydrogens is 378 g/mol. The minimum absolute atomic E-state index is 0.196. The van der Waals surface area contributed by atoms with Crippen LogP contribution in [0.15, 0.2) is 55.0 Å². The number of aromatic nitrogens is 1. The van der Waals surface area contributed by atoms with Gasteiger partial charge in [-0.05, 0) is 54.8 Å². The van der Waals surface area contributed by atoms with Crippen molar-refractivity contribution in [2.45, 2.75) is 25.4 Å². The fourth-order valence-electron chi connectivity index (χ4n) is 3.61. The average Bonchev–Trinajstić information content (AvgIpc) is 3.22. The molecule has 1 saturated heterocycles. The van der Waals surface area contributed by atoms with Gasteiger partial charge in [0.15, 0.2) is 0 Å². The van der Waals surface area contributed by atoms with Gasteiger partial charge < -0.3 is 21.6 Å². The van der Waals surface area contributed by atoms with Crippen molar-refractivity contribution in [1.82, 2.24) is 9.88 Å². The molecule has 2 heterocycles. The fraction of sp³-hybridized carbons (Fsp3) is 0.261. The van der Waals surface area contributed by atoms with Crippen molar-refractivity contribution in [2.75, 3.05) is 18.5 Å². The van der Waals surface area contributed by atoms with E-state index in [1.54, 1.807) is 24.5 Å². The third-order valence-electron chi connectivity index (χ3n) is 5.23. The van der Waals surface area contributed by atoms with E-state index in [2.05, 4.69) is 15.2 Å². The van der Waals surface area contributed by atoms with Gasteiger partial charge in [-0.2, -0.15) is 0 Å². The lowest BCUT2D eigenvalue weighted by molar-refractivity contribution is -0.111. The van der Waals surface area contributed by atoms with Crippen molar-refractivity contribution in [1.29, 1.82) is 5.41 Å². The Morgan fingerprint density at radius 1 is 1.33 bits per heavy atom. The number of amides is 1. The molecule has 0 radical (unpaired) electrons. The van der Waals surface area contributed by atoms with Gasteiger partial charge in [0, 0.05) is 60.3 Å². The molecule has 0 saturated carbocycles. The van der Waals surface area contributed by atoms with E-state index >= 15 is 0 Å². The van der Waals surface area contributed by atoms with Crippen LogP contribution in [0, 0.1) is 5.41 Å². The average molecular weight is 406 g/mol. The number of aliphatic hydroxyl groups is 1. The predicted octanol–water partition coefficient (Wildman–Crippen LogP) is 2.64. The van der Waals surface area contributed by atoms with E-state index in [1.807, 2.05) is 24.3 Å². The highest BCUT2D eigenvalue weighted by Crippen LogP contribution is 2.21. The molecule has 0 spiro atoms. The number of benzene rings is 1. The molecule has 1 aliphatic rings. The monoisotopic (exact) mass is 405 g/mol. The Morgan fingerprint density at radius 2 is 2.13 bits per heavy atom. The molecule has 1 fully saturated rings. The van der Waals surface area contributed by atoms with Crippen LogP contribution in [0.4, 0.5) is 5.69 Å². The Morgan fingerprint density at radius 3 is 2.83 bits per heavy atom. The van der Waals surface area contributed by atoms with E-state index in [9.17, 15) is 9.90 Å². The van der Waals surface area contributed by atoms with Crippen molar-refractivity contribution < 1.29 is 9.90 Å². The van der Waals surface area contributed by atoms with Crippen molar-refractivity contribution in [3.8, 4) is 0 Å². The second kappa shape index (κ2) is 10.5. The Hall–Kier alpha value is -3.29. The summed E-state index contributed by atoms with van der Waals surface area (Å²) in [5.74, 6) is -0.259. The fourth-order valence-corrected chi connectivity index (χ4v) is 3.61. The highest BCUT2D eigenvalue weighted by molar-refractivity contribution is 6.10. The van der Waals surface area contributed by atoms with Gasteiger partial charge in [0.2, 0.25) is 5.91 Å². The zero-order valence-corrected chi connectivity index (χ0v) is 16.8. The number of hydrogen-bond donors (Lipinski definition) is 4. The molecule has 1 aromatic carbocycles. The normalized spacial score (nSPS) is 17.4. The maximum Gasteiger partial charge on any atom is 0.248 e. The number of nitrogens with one attached hydrogen (secondary N) is 2. The number of aliphatic hydroxyl groups excluding tert-OH is 1. The molecule has 5 N–H and O–H groups in total. The third-order valence-corrected chi connectivity index (χ3v) is 5.23. The SMILES string of the molecule is N=CC(=CN)c1ccncc1/C=C/C(=O)Nc1ccc(CN2CCCC2CO)cc1. The van der Waals surface area contributed by atoms with Gasteiger partial charge in [0.05, 0.1) is 6.61 Å². The largest absolute Gasteiger partial charge is 0.404 e. The third kappa shape index (κ3) is 5.40. The second-order valence-corrected chi connectivity index (χ2v) is 7.20. The van der Waals surface area contributed by atoms with Crippen LogP contribution < -0.4 is 11.1 Å². The van der Waals surface area contributed by atoms with E-state index in [-0.39, 0.29) is 18.6 Å². The Labute approximate surface area is 176 Å². The van der Waals surface area contributed by atoms with Crippen molar-refractivity contribution in [2.24, 2.45) is 5.73 Å². The number of carbonyl (C=O) groups excluding carboxylic acids is 1. The Kier molecular flexibility index (Phi) is 7.48. The molecule has 1 aromatic heterocycles. The van der Waals surface area contributed by atoms with Gasteiger partial charge in [0.25, 0.3) is 0 Å². The molecule has 2 aromatic rings. The summed E-state index contributed by atoms with van der Waals surface area (Å²) in [5.41, 5.74) is 9.42. The summed E-state index contributed by atoms with van der Waals surface area (Å²) >= 11 is 0. The van der Waals surface area contributed by atoms with Crippen LogP contribution in [0.2, 0.25) is 0 Å². The lowest BCUT2D eigenvalue weighted by Crippen LogP contribution is -2.31. The van der Waals surface area contributed by atoms with Crippen LogP contribution >= 0.6 is 0 Å². The smallest absolute Gasteiger partial charge is 0.248 e. The topological polar surface area (TPSA) is 115 Å². The summed E-state index contributed by atoms with van der Waals surface area (Å²) in [6.07, 6.45) is 11.0. The van der Waals surface area contributed by atoms with Crippen LogP contribution in [0.25, 0.3) is 11.6 Å². The number of nitrogens with two attached hydrogens (primary N) is 1. The van der Waals surface area contributed by atoms with E-state index in [0.29, 0.717) is 16.8 Å². The number of hydrogen-bond acceptors (Lipinski definition) is 6. The number of rotatable bonds is 8. The minimum atomic E-state index is -0.259. The minimum Gasteiger partial charge on any atom is -0.404 e. The molecule has 1 unspecified atom stereocenters. The zero-order chi connectivity index (χ0) is 21.3. The number of carbonyl (C=O) groups is 1. The van der Waals surface area contributed by atoms with Crippen LogP contribution in [0.1, 0.15) is 29.5 Å². The molecule has 1 amide bonds. The van der Waals surface area contributed by atoms with Gasteiger partial charge in [-0.1, -0.05) is 12.1 Å². The maximum absolute atomic E-state index is 12.3. The Balaban J connectivity index is 1.61. The molecule has 0 aliphatic carbocycles. The predicted molar refractivity (Wildman–Crippen MR) is 120 cm³/mol. The van der Waals surface area contributed by atoms with E-state index < -0.39 is 0 Å². The molecule has 3 rings (SSSR count). The zero-order valence-electron chi connectivity index (χ0n) is 16.8. The van der Waals surface area contributed by atoms with Crippen LogP contribution in [0.5, 0.6) is 0 Å². The molecule has 7 nitrogen and oxygen atoms in total. The van der Waals surface area contributed by atoms with Gasteiger partial charge in [-0.25, -0.2) is 0 Å². The standard InChI is InChI=1S/C23H27N5O2/c24-12-19(13-25)22-9-10-26-14-18(22)5-8-23(30)27-20-6-3-17(4-7-20)15-28-11-1-2-21(28)16-29/h3-10,12-14,21,24,29H,1-2,11,15-16,25H2,(H,27,30)/b8-5+,19-13?,24-12?. The van der Waals surface area contributed by atoms with Gasteiger partial charge in [-0.3, -0.25) is 14.7 Å². The maximum atomic E-state index is 12.3. The molecule has 7 heteroatoms. The lowest BCUT2D eigenvalue weighted by Gasteiger charge is -2.22. The second-order valence-electron chi connectivity index (χ2n) is 7.20. The van der Waals surface area contributed by atoms with Crippen molar-refractivity contribution in [3.05, 3.63) is 71.7 Å². The summed E-state index contributed by atoms with van der Waals surface area (Å²) in [6, 6.07) is 9.74. The van der Waals surface area contributed by atoms with Crippen LogP contribution in [-0.4, -0.2) is 46.3 Å². The highest BCUT2D eigenvalue weighted by Gasteiger charge is 2.23. The summed E-state index contributed by atoms with van der Waals surface area (Å²) in [4.78, 5) is 18.7. The summed E-state index contributed by atoms with van der Waals surface area (Å²) in [5, 5.41) is 19.7. The van der Waals surface area contributed by atoms with Crippen LogP contribution in [-0.2, 0) is 11.3 Å². The molecule has 1 aliphatic heterocycles. The first kappa shape index (κ1) is 21.4. The number of allylic oxidation sites excluding steroid dienone is 1. The summed E-state index contributed by atoms with van der Waals surface area (Å²) in [7, 11) is 0. The Bertz CT molecular complexity index is 937. The highest BCUT2D eigenvalue weighted by atomic mass is 16.3. The quantitative estimate of drug-likeness (QED) is 0.398. The first-order valence-corrected chi connectivity index (χ1v) is 9.94. The summed E-state index contributed by atoms with van der Waals surface area (Å²) < 4.78 is 0. The molecule has 0 bridgehead atoms. The van der Waals surface area contributed by atoms with Crippen molar-refractivity contribution >= 4 is 29.5 Å². The molecule has 1 atom stereocenters. The number of likely N-dealkylation sites (tertiary alicyclic amines) is 1. The van der Waals surface area contributed by atoms with Gasteiger partial charge in [0.1, 0.15) is 0 Å². The van der Waals surface area contributed by atoms with E-state index in [4.69, 9.17) is 11.1 Å². The van der Waals surface area contributed by atoms with Crippen molar-refractivity contribution in [3.63, 3.8) is 0 Å². The number of nitrogens with zero attached hydrogens (tertiary/aromatic N) is 2. The number of pyridine rings is 1. The lowest BCUT2D eigenvalue weighted by atomic mass is 10.0. The molecule has 156 valence electrons. The van der Waals surface area contributed by atoms with E-state index in [1.165, 1.54) is 18.5 Å². The number of anilines is 1. The molecule has 30 heavy (non-hydrogen) atoms. The van der Waals surface area contributed by atoms with E-state index in [0.717, 1.165) is 37.1 Å². The van der Waals surface area contributed by atoms with Gasteiger partial charge >= 0.3 is 0 Å². The van der Waals surface area contributed by atoms with Crippen LogP contribution in [0.3, 0.4) is 0 Å². The summed E-state index contributed by atoms with van der Waals surface area (Å²) in [6.45, 7) is 2.00. The van der Waals surface area contributed by atoms with Gasteiger partial charge in [-0.15, -0.1) is 0 Å².